The number of phenols is 1. The molecule has 0 fully saturated rings. The quantitative estimate of drug-likeness (QED) is 0.910. The molecule has 7 heteroatoms. The van der Waals surface area contributed by atoms with Crippen LogP contribution in [0.4, 0.5) is 0 Å². The summed E-state index contributed by atoms with van der Waals surface area (Å²) in [6.45, 7) is 0.124. The lowest BCUT2D eigenvalue weighted by atomic mass is 10.2. The average Bonchev–Trinajstić information content (AvgIpc) is 2.79. The fourth-order valence-electron chi connectivity index (χ4n) is 1.57. The van der Waals surface area contributed by atoms with Gasteiger partial charge in [0, 0.05) is 23.6 Å². The average molecular weight is 362 g/mol. The van der Waals surface area contributed by atoms with E-state index in [0.717, 1.165) is 11.3 Å². The SMILES string of the molecule is CN(Cc1ccccc1O)S(=O)(=O)c1sccc1Br. The Balaban J connectivity index is 2.28. The number of hydrogen-bond donors (Lipinski definition) is 1. The van der Waals surface area contributed by atoms with Crippen molar-refractivity contribution in [1.29, 1.82) is 0 Å². The number of para-hydroxylation sites is 1. The molecule has 2 aromatic rings. The van der Waals surface area contributed by atoms with Crippen molar-refractivity contribution in [1.82, 2.24) is 4.31 Å². The number of sulfonamides is 1. The standard InChI is InChI=1S/C12H12BrNO3S2/c1-14(8-9-4-2-3-5-11(9)15)19(16,17)12-10(13)6-7-18-12/h2-7,15H,8H2,1H3. The molecule has 0 saturated carbocycles. The van der Waals surface area contributed by atoms with Crippen LogP contribution < -0.4 is 0 Å². The van der Waals surface area contributed by atoms with E-state index in [2.05, 4.69) is 15.9 Å². The molecule has 0 bridgehead atoms. The van der Waals surface area contributed by atoms with E-state index in [9.17, 15) is 13.5 Å². The van der Waals surface area contributed by atoms with Gasteiger partial charge in [-0.25, -0.2) is 8.42 Å². The predicted octanol–water partition coefficient (Wildman–Crippen LogP) is 3.04. The maximum Gasteiger partial charge on any atom is 0.253 e. The third-order valence-electron chi connectivity index (χ3n) is 2.61. The molecule has 1 heterocycles. The second kappa shape index (κ2) is 5.62. The lowest BCUT2D eigenvalue weighted by Gasteiger charge is -2.17. The summed E-state index contributed by atoms with van der Waals surface area (Å²) in [4.78, 5) is 0. The predicted molar refractivity (Wildman–Crippen MR) is 78.8 cm³/mol. The van der Waals surface area contributed by atoms with E-state index in [-0.39, 0.29) is 16.5 Å². The Kier molecular flexibility index (Phi) is 4.29. The van der Waals surface area contributed by atoms with E-state index < -0.39 is 10.0 Å². The summed E-state index contributed by atoms with van der Waals surface area (Å²) in [5.41, 5.74) is 0.571. The van der Waals surface area contributed by atoms with Gasteiger partial charge in [0.25, 0.3) is 10.0 Å². The zero-order valence-electron chi connectivity index (χ0n) is 10.1. The van der Waals surface area contributed by atoms with Crippen LogP contribution in [0.2, 0.25) is 0 Å². The molecule has 2 rings (SSSR count). The molecular formula is C12H12BrNO3S2. The van der Waals surface area contributed by atoms with Gasteiger partial charge >= 0.3 is 0 Å². The Morgan fingerprint density at radius 3 is 2.58 bits per heavy atom. The van der Waals surface area contributed by atoms with Crippen molar-refractivity contribution < 1.29 is 13.5 Å². The van der Waals surface area contributed by atoms with Gasteiger partial charge in [0.2, 0.25) is 0 Å². The number of rotatable bonds is 4. The van der Waals surface area contributed by atoms with Gasteiger partial charge in [0.15, 0.2) is 0 Å². The van der Waals surface area contributed by atoms with Crippen molar-refractivity contribution in [3.05, 3.63) is 45.7 Å². The van der Waals surface area contributed by atoms with E-state index in [1.807, 2.05) is 0 Å². The van der Waals surface area contributed by atoms with Gasteiger partial charge in [0.05, 0.1) is 0 Å². The van der Waals surface area contributed by atoms with Gasteiger partial charge in [-0.2, -0.15) is 4.31 Å². The lowest BCUT2D eigenvalue weighted by molar-refractivity contribution is 0.436. The lowest BCUT2D eigenvalue weighted by Crippen LogP contribution is -2.26. The molecule has 102 valence electrons. The highest BCUT2D eigenvalue weighted by molar-refractivity contribution is 9.10. The van der Waals surface area contributed by atoms with Crippen molar-refractivity contribution in [2.45, 2.75) is 10.8 Å². The largest absolute Gasteiger partial charge is 0.508 e. The Labute approximate surface area is 124 Å². The third-order valence-corrected chi connectivity index (χ3v) is 7.06. The minimum atomic E-state index is -3.55. The highest BCUT2D eigenvalue weighted by atomic mass is 79.9. The molecular weight excluding hydrogens is 350 g/mol. The van der Waals surface area contributed by atoms with Gasteiger partial charge in [-0.3, -0.25) is 0 Å². The Morgan fingerprint density at radius 1 is 1.32 bits per heavy atom. The fraction of sp³-hybridized carbons (Fsp3) is 0.167. The maximum absolute atomic E-state index is 12.4. The van der Waals surface area contributed by atoms with Crippen LogP contribution in [0.25, 0.3) is 0 Å². The minimum absolute atomic E-state index is 0.0924. The van der Waals surface area contributed by atoms with Crippen molar-refractivity contribution in [2.75, 3.05) is 7.05 Å². The molecule has 0 amide bonds. The van der Waals surface area contributed by atoms with Crippen LogP contribution in [0, 0.1) is 0 Å². The van der Waals surface area contributed by atoms with E-state index in [1.165, 1.54) is 17.4 Å². The summed E-state index contributed by atoms with van der Waals surface area (Å²) in [6.07, 6.45) is 0. The van der Waals surface area contributed by atoms with Gasteiger partial charge < -0.3 is 5.11 Å². The molecule has 0 atom stereocenters. The summed E-state index contributed by atoms with van der Waals surface area (Å²) in [5.74, 6) is 0.0924. The van der Waals surface area contributed by atoms with Crippen LogP contribution >= 0.6 is 27.3 Å². The molecule has 1 aromatic carbocycles. The van der Waals surface area contributed by atoms with Gasteiger partial charge in [-0.05, 0) is 33.4 Å². The van der Waals surface area contributed by atoms with E-state index in [0.29, 0.717) is 10.0 Å². The van der Waals surface area contributed by atoms with Crippen LogP contribution in [-0.4, -0.2) is 24.9 Å². The molecule has 1 aromatic heterocycles. The molecule has 4 nitrogen and oxygen atoms in total. The van der Waals surface area contributed by atoms with Crippen LogP contribution in [0.5, 0.6) is 5.75 Å². The normalized spacial score (nSPS) is 11.9. The van der Waals surface area contributed by atoms with Crippen LogP contribution in [0.1, 0.15) is 5.56 Å². The zero-order chi connectivity index (χ0) is 14.0. The van der Waals surface area contributed by atoms with Crippen molar-refractivity contribution in [2.24, 2.45) is 0 Å². The van der Waals surface area contributed by atoms with Crippen molar-refractivity contribution >= 4 is 37.3 Å². The number of nitrogens with zero attached hydrogens (tertiary/aromatic N) is 1. The van der Waals surface area contributed by atoms with Crippen molar-refractivity contribution in [3.63, 3.8) is 0 Å². The number of thiophene rings is 1. The summed E-state index contributed by atoms with van der Waals surface area (Å²) in [5, 5.41) is 11.4. The van der Waals surface area contributed by atoms with E-state index >= 15 is 0 Å². The minimum Gasteiger partial charge on any atom is -0.508 e. The summed E-state index contributed by atoms with van der Waals surface area (Å²) in [7, 11) is -2.05. The highest BCUT2D eigenvalue weighted by Crippen LogP contribution is 2.31. The molecule has 0 radical (unpaired) electrons. The summed E-state index contributed by atoms with van der Waals surface area (Å²) in [6, 6.07) is 8.40. The first-order chi connectivity index (χ1) is 8.93. The first-order valence-electron chi connectivity index (χ1n) is 5.39. The van der Waals surface area contributed by atoms with Crippen LogP contribution in [-0.2, 0) is 16.6 Å². The van der Waals surface area contributed by atoms with E-state index in [1.54, 1.807) is 29.6 Å². The van der Waals surface area contributed by atoms with Gasteiger partial charge in [0.1, 0.15) is 9.96 Å². The smallest absolute Gasteiger partial charge is 0.253 e. The molecule has 19 heavy (non-hydrogen) atoms. The Morgan fingerprint density at radius 2 is 2.00 bits per heavy atom. The van der Waals surface area contributed by atoms with Crippen LogP contribution in [0.3, 0.4) is 0 Å². The molecule has 1 N–H and O–H groups in total. The second-order valence-corrected chi connectivity index (χ2v) is 7.96. The first kappa shape index (κ1) is 14.5. The summed E-state index contributed by atoms with van der Waals surface area (Å²) >= 11 is 4.39. The topological polar surface area (TPSA) is 57.6 Å². The number of phenolic OH excluding ortho intramolecular Hbond substituents is 1. The fourth-order valence-corrected chi connectivity index (χ4v) is 5.23. The van der Waals surface area contributed by atoms with Crippen LogP contribution in [0.15, 0.2) is 44.4 Å². The second-order valence-electron chi connectivity index (χ2n) is 3.95. The van der Waals surface area contributed by atoms with Crippen molar-refractivity contribution in [3.8, 4) is 5.75 Å². The first-order valence-corrected chi connectivity index (χ1v) is 8.50. The zero-order valence-corrected chi connectivity index (χ0v) is 13.3. The molecule has 0 saturated heterocycles. The maximum atomic E-state index is 12.4. The number of aromatic hydroxyl groups is 1. The molecule has 0 aliphatic rings. The Hall–Kier alpha value is -0.890. The number of benzene rings is 1. The molecule has 0 unspecified atom stereocenters. The Bertz CT molecular complexity index is 682. The molecule has 0 aliphatic heterocycles. The van der Waals surface area contributed by atoms with Gasteiger partial charge in [-0.15, -0.1) is 11.3 Å². The highest BCUT2D eigenvalue weighted by Gasteiger charge is 2.25. The molecule has 0 spiro atoms. The number of hydrogen-bond acceptors (Lipinski definition) is 4. The third kappa shape index (κ3) is 3.00. The van der Waals surface area contributed by atoms with Gasteiger partial charge in [-0.1, -0.05) is 18.2 Å². The number of halogens is 1. The van der Waals surface area contributed by atoms with E-state index in [4.69, 9.17) is 0 Å². The summed E-state index contributed by atoms with van der Waals surface area (Å²) < 4.78 is 26.8. The monoisotopic (exact) mass is 361 g/mol. The molecule has 0 aliphatic carbocycles.